The predicted octanol–water partition coefficient (Wildman–Crippen LogP) is 2.79. The number of aryl methyl sites for hydroxylation is 1. The normalized spacial score (nSPS) is 10.8. The number of hydrogen-bond donors (Lipinski definition) is 0. The van der Waals surface area contributed by atoms with Gasteiger partial charge in [-0.25, -0.2) is 9.36 Å². The number of anilines is 1. The van der Waals surface area contributed by atoms with Crippen LogP contribution in [0, 0.1) is 6.92 Å². The highest BCUT2D eigenvalue weighted by Gasteiger charge is 2.08. The summed E-state index contributed by atoms with van der Waals surface area (Å²) in [6.07, 6.45) is 5.78. The number of para-hydroxylation sites is 1. The molecule has 0 aliphatic heterocycles. The van der Waals surface area contributed by atoms with Crippen LogP contribution in [0.1, 0.15) is 11.3 Å². The molecule has 0 unspecified atom stereocenters. The summed E-state index contributed by atoms with van der Waals surface area (Å²) in [4.78, 5) is 2.04. The molecule has 7 heteroatoms. The zero-order valence-corrected chi connectivity index (χ0v) is 14.7. The van der Waals surface area contributed by atoms with Gasteiger partial charge in [-0.05, 0) is 37.3 Å². The molecular formula is C19H19N7. The maximum atomic E-state index is 4.43. The van der Waals surface area contributed by atoms with Crippen LogP contribution in [0.15, 0.2) is 67.1 Å². The van der Waals surface area contributed by atoms with Crippen molar-refractivity contribution in [1.29, 1.82) is 0 Å². The van der Waals surface area contributed by atoms with E-state index in [1.807, 2.05) is 90.7 Å². The fourth-order valence-corrected chi connectivity index (χ4v) is 2.71. The van der Waals surface area contributed by atoms with E-state index in [1.165, 1.54) is 0 Å². The summed E-state index contributed by atoms with van der Waals surface area (Å²) in [5.74, 6) is 1.50. The highest BCUT2D eigenvalue weighted by molar-refractivity contribution is 5.40. The van der Waals surface area contributed by atoms with Crippen molar-refractivity contribution >= 4 is 5.82 Å². The summed E-state index contributed by atoms with van der Waals surface area (Å²) in [5, 5.41) is 17.4. The zero-order valence-electron chi connectivity index (χ0n) is 14.7. The number of benzene rings is 1. The zero-order chi connectivity index (χ0) is 17.9. The van der Waals surface area contributed by atoms with E-state index in [0.29, 0.717) is 12.4 Å². The highest BCUT2D eigenvalue weighted by Crippen LogP contribution is 2.14. The molecule has 1 aromatic carbocycles. The SMILES string of the molecule is Cc1ccn(-c2ccc(N(C)Cc3cnn(-c4ccccc4)c3)nn2)n1. The molecule has 3 aromatic heterocycles. The number of rotatable bonds is 5. The number of aromatic nitrogens is 6. The monoisotopic (exact) mass is 345 g/mol. The molecule has 4 rings (SSSR count). The summed E-state index contributed by atoms with van der Waals surface area (Å²) >= 11 is 0. The molecule has 0 amide bonds. The van der Waals surface area contributed by atoms with Gasteiger partial charge in [0.25, 0.3) is 0 Å². The third-order valence-corrected chi connectivity index (χ3v) is 4.06. The Morgan fingerprint density at radius 3 is 2.50 bits per heavy atom. The van der Waals surface area contributed by atoms with Gasteiger partial charge in [-0.2, -0.15) is 10.2 Å². The van der Waals surface area contributed by atoms with E-state index < -0.39 is 0 Å². The van der Waals surface area contributed by atoms with Crippen molar-refractivity contribution in [1.82, 2.24) is 29.8 Å². The van der Waals surface area contributed by atoms with Crippen LogP contribution in [0.2, 0.25) is 0 Å². The number of hydrogen-bond acceptors (Lipinski definition) is 5. The van der Waals surface area contributed by atoms with Gasteiger partial charge in [0.05, 0.1) is 17.6 Å². The third-order valence-electron chi connectivity index (χ3n) is 4.06. The summed E-state index contributed by atoms with van der Waals surface area (Å²) in [7, 11) is 1.99. The van der Waals surface area contributed by atoms with Crippen LogP contribution >= 0.6 is 0 Å². The Bertz CT molecular complexity index is 986. The summed E-state index contributed by atoms with van der Waals surface area (Å²) < 4.78 is 3.59. The lowest BCUT2D eigenvalue weighted by Gasteiger charge is -2.16. The first-order chi connectivity index (χ1) is 12.7. The van der Waals surface area contributed by atoms with Crippen molar-refractivity contribution in [3.8, 4) is 11.5 Å². The fourth-order valence-electron chi connectivity index (χ4n) is 2.71. The average Bonchev–Trinajstić information content (AvgIpc) is 3.32. The van der Waals surface area contributed by atoms with Crippen LogP contribution in [0.25, 0.3) is 11.5 Å². The minimum absolute atomic E-state index is 0.696. The second-order valence-electron chi connectivity index (χ2n) is 6.14. The molecule has 0 fully saturated rings. The lowest BCUT2D eigenvalue weighted by Crippen LogP contribution is -2.18. The van der Waals surface area contributed by atoms with E-state index in [9.17, 15) is 0 Å². The fraction of sp³-hybridized carbons (Fsp3) is 0.158. The van der Waals surface area contributed by atoms with E-state index in [-0.39, 0.29) is 0 Å². The third kappa shape index (κ3) is 3.32. The van der Waals surface area contributed by atoms with Crippen molar-refractivity contribution in [2.75, 3.05) is 11.9 Å². The highest BCUT2D eigenvalue weighted by atomic mass is 15.4. The molecular weight excluding hydrogens is 326 g/mol. The molecule has 26 heavy (non-hydrogen) atoms. The van der Waals surface area contributed by atoms with Gasteiger partial charge < -0.3 is 4.90 Å². The summed E-state index contributed by atoms with van der Waals surface area (Å²) in [6, 6.07) is 15.9. The van der Waals surface area contributed by atoms with Gasteiger partial charge >= 0.3 is 0 Å². The first kappa shape index (κ1) is 16.0. The Kier molecular flexibility index (Phi) is 4.18. The minimum atomic E-state index is 0.696. The van der Waals surface area contributed by atoms with Crippen LogP contribution in [0.4, 0.5) is 5.82 Å². The smallest absolute Gasteiger partial charge is 0.175 e. The standard InChI is InChI=1S/C19H19N7/c1-15-10-11-25(23-15)19-9-8-18(21-22-19)24(2)13-16-12-20-26(14-16)17-6-4-3-5-7-17/h3-12,14H,13H2,1-2H3. The van der Waals surface area contributed by atoms with E-state index in [4.69, 9.17) is 0 Å². The molecule has 0 bridgehead atoms. The van der Waals surface area contributed by atoms with Gasteiger partial charge in [0, 0.05) is 31.5 Å². The van der Waals surface area contributed by atoms with Crippen LogP contribution in [0.3, 0.4) is 0 Å². The molecule has 0 saturated heterocycles. The van der Waals surface area contributed by atoms with Crippen LogP contribution < -0.4 is 4.90 Å². The molecule has 0 aliphatic rings. The Morgan fingerprint density at radius 2 is 1.81 bits per heavy atom. The second kappa shape index (κ2) is 6.79. The van der Waals surface area contributed by atoms with Gasteiger partial charge in [-0.1, -0.05) is 18.2 Å². The first-order valence-electron chi connectivity index (χ1n) is 8.35. The summed E-state index contributed by atoms with van der Waals surface area (Å²) in [5.41, 5.74) is 3.09. The van der Waals surface area contributed by atoms with E-state index in [2.05, 4.69) is 20.4 Å². The van der Waals surface area contributed by atoms with Gasteiger partial charge in [0.15, 0.2) is 11.6 Å². The lowest BCUT2D eigenvalue weighted by atomic mass is 10.3. The lowest BCUT2D eigenvalue weighted by molar-refractivity contribution is 0.789. The Hall–Kier alpha value is -3.48. The van der Waals surface area contributed by atoms with Crippen LogP contribution in [-0.4, -0.2) is 36.8 Å². The van der Waals surface area contributed by atoms with Crippen LogP contribution in [-0.2, 0) is 6.54 Å². The first-order valence-corrected chi connectivity index (χ1v) is 8.35. The van der Waals surface area contributed by atoms with E-state index in [1.54, 1.807) is 4.68 Å². The molecule has 0 aliphatic carbocycles. The van der Waals surface area contributed by atoms with Crippen molar-refractivity contribution in [2.45, 2.75) is 13.5 Å². The van der Waals surface area contributed by atoms with Crippen LogP contribution in [0.5, 0.6) is 0 Å². The molecule has 4 aromatic rings. The Morgan fingerprint density at radius 1 is 0.962 bits per heavy atom. The molecule has 3 heterocycles. The van der Waals surface area contributed by atoms with E-state index >= 15 is 0 Å². The van der Waals surface area contributed by atoms with Crippen molar-refractivity contribution in [2.24, 2.45) is 0 Å². The maximum Gasteiger partial charge on any atom is 0.175 e. The van der Waals surface area contributed by atoms with Crippen molar-refractivity contribution in [3.05, 3.63) is 78.4 Å². The van der Waals surface area contributed by atoms with Gasteiger partial charge in [-0.15, -0.1) is 10.2 Å². The van der Waals surface area contributed by atoms with Crippen molar-refractivity contribution in [3.63, 3.8) is 0 Å². The molecule has 130 valence electrons. The Labute approximate surface area is 151 Å². The Balaban J connectivity index is 1.46. The van der Waals surface area contributed by atoms with Crippen molar-refractivity contribution < 1.29 is 0 Å². The van der Waals surface area contributed by atoms with Gasteiger partial charge in [-0.3, -0.25) is 0 Å². The topological polar surface area (TPSA) is 64.7 Å². The molecule has 0 spiro atoms. The average molecular weight is 345 g/mol. The second-order valence-corrected chi connectivity index (χ2v) is 6.14. The number of nitrogens with zero attached hydrogens (tertiary/aromatic N) is 7. The molecule has 0 radical (unpaired) electrons. The largest absolute Gasteiger partial charge is 0.354 e. The molecule has 7 nitrogen and oxygen atoms in total. The van der Waals surface area contributed by atoms with Gasteiger partial charge in [0.1, 0.15) is 0 Å². The quantitative estimate of drug-likeness (QED) is 0.556. The molecule has 0 N–H and O–H groups in total. The summed E-state index contributed by atoms with van der Waals surface area (Å²) in [6.45, 7) is 2.64. The van der Waals surface area contributed by atoms with Gasteiger partial charge in [0.2, 0.25) is 0 Å². The molecule has 0 saturated carbocycles. The van der Waals surface area contributed by atoms with E-state index in [0.717, 1.165) is 22.8 Å². The predicted molar refractivity (Wildman–Crippen MR) is 99.6 cm³/mol. The molecule has 0 atom stereocenters. The minimum Gasteiger partial charge on any atom is -0.354 e. The maximum absolute atomic E-state index is 4.43.